The first-order valence-electron chi connectivity index (χ1n) is 25.6. The summed E-state index contributed by atoms with van der Waals surface area (Å²) in [5.41, 5.74) is 15.9. The summed E-state index contributed by atoms with van der Waals surface area (Å²) in [4.78, 5) is 12.7. The Hall–Kier alpha value is -8.04. The number of sulfonamides is 1. The standard InChI is InChI=1S/C28H22ClFN8O2S.C22H20N8.C6H3Cl2FO2S.CH4.ClH/c1-36-12-19(11-33-36)17-7-20(27-18(8-31)10-34-38(27)13-17)16-5-6-25(32-9-16)37-14-21-22(15-37)26(21)35-41(39,40)28-23(29)3-2-4-24(28)30;1-28-9-16(8-26-28)14-4-17(22-15(5-23)7-27-30(22)10-14)13-2-3-20(25-6-13)29-11-18-19(12-29)21(18)24;7-4-2-1-3-5(9)6(4)12(8,10)11;;/h2-7,9-13,21-22,26,35H,14-15H2,1H3;2-4,6-10,18-19,21H,11-12,24H2,1H3;1-3H;1H4;1H/t21-,22+,26?;18-,19+,21?;;;. The number of anilines is 2. The third-order valence-electron chi connectivity index (χ3n) is 15.4. The lowest BCUT2D eigenvalue weighted by Crippen LogP contribution is -2.35. The van der Waals surface area contributed by atoms with E-state index in [0.717, 1.165) is 86.9 Å². The van der Waals surface area contributed by atoms with Crippen LogP contribution in [0.2, 0.25) is 10.0 Å². The minimum Gasteiger partial charge on any atom is -0.356 e. The minimum atomic E-state index is -4.10. The van der Waals surface area contributed by atoms with E-state index in [4.69, 9.17) is 49.6 Å². The van der Waals surface area contributed by atoms with Crippen molar-refractivity contribution in [1.29, 1.82) is 10.5 Å². The van der Waals surface area contributed by atoms with Gasteiger partial charge in [-0.05, 0) is 84.3 Å². The maximum absolute atomic E-state index is 14.2. The number of hydrogen-bond acceptors (Lipinski definition) is 15. The Morgan fingerprint density at radius 2 is 1.02 bits per heavy atom. The number of aromatic nitrogens is 10. The molecule has 0 bridgehead atoms. The van der Waals surface area contributed by atoms with Gasteiger partial charge in [-0.2, -0.15) is 30.9 Å². The zero-order chi connectivity index (χ0) is 58.2. The van der Waals surface area contributed by atoms with Crippen molar-refractivity contribution in [2.75, 3.05) is 36.0 Å². The molecule has 2 aliphatic carbocycles. The van der Waals surface area contributed by atoms with E-state index in [2.05, 4.69) is 65.3 Å². The SMILES string of the molecule is C.Cl.Cn1cc(-c2cc(-c3ccc(N4C[C@@H]5C(N)[C@@H]5C4)nc3)c3c(C#N)cnn3c2)cn1.Cn1cc(-c2cc(-c3ccc(N4C[C@@H]5C(NS(=O)(=O)c6c(F)cccc6Cl)[C@@H]5C4)nc3)c3c(C#N)cnn3c2)cn1.O=S(=O)(Cl)c1c(F)cccc1Cl. The van der Waals surface area contributed by atoms with Crippen molar-refractivity contribution in [2.24, 2.45) is 43.5 Å². The van der Waals surface area contributed by atoms with Crippen molar-refractivity contribution in [1.82, 2.24) is 53.5 Å². The molecule has 85 heavy (non-hydrogen) atoms. The molecule has 10 aromatic rings. The van der Waals surface area contributed by atoms with E-state index in [1.807, 2.05) is 69.5 Å². The van der Waals surface area contributed by atoms with E-state index in [-0.39, 0.29) is 47.8 Å². The number of hydrogen-bond donors (Lipinski definition) is 2. The van der Waals surface area contributed by atoms with Gasteiger partial charge in [-0.1, -0.05) is 42.8 Å². The lowest BCUT2D eigenvalue weighted by Gasteiger charge is -2.21. The van der Waals surface area contributed by atoms with Crippen LogP contribution in [0.15, 0.2) is 145 Å². The van der Waals surface area contributed by atoms with Crippen molar-refractivity contribution in [3.05, 3.63) is 168 Å². The van der Waals surface area contributed by atoms with Crippen LogP contribution in [-0.4, -0.2) is 104 Å². The molecule has 14 rings (SSSR count). The van der Waals surface area contributed by atoms with Crippen molar-refractivity contribution in [3.63, 3.8) is 0 Å². The average molecular weight is 1270 g/mol. The summed E-state index contributed by atoms with van der Waals surface area (Å²) < 4.78 is 83.7. The molecule has 2 saturated heterocycles. The van der Waals surface area contributed by atoms with Crippen LogP contribution in [-0.2, 0) is 33.2 Å². The number of benzene rings is 2. The largest absolute Gasteiger partial charge is 0.356 e. The van der Waals surface area contributed by atoms with E-state index in [0.29, 0.717) is 47.6 Å². The second-order valence-corrected chi connectivity index (χ2v) is 25.5. The Morgan fingerprint density at radius 1 is 0.588 bits per heavy atom. The Kier molecular flexibility index (Phi) is 16.6. The van der Waals surface area contributed by atoms with Gasteiger partial charge in [-0.15, -0.1) is 12.4 Å². The number of fused-ring (bicyclic) bond motifs is 4. The first-order chi connectivity index (χ1) is 39.8. The number of pyridine rings is 4. The molecule has 2 aliphatic heterocycles. The highest BCUT2D eigenvalue weighted by Gasteiger charge is 2.58. The molecular formula is C57H50Cl4F2N16O4S2. The highest BCUT2D eigenvalue weighted by atomic mass is 35.7. The van der Waals surface area contributed by atoms with Gasteiger partial charge in [0.05, 0.1) is 57.0 Å². The van der Waals surface area contributed by atoms with Gasteiger partial charge in [-0.3, -0.25) is 9.36 Å². The molecule has 0 amide bonds. The van der Waals surface area contributed by atoms with Crippen LogP contribution >= 0.6 is 46.3 Å². The molecule has 0 radical (unpaired) electrons. The summed E-state index contributed by atoms with van der Waals surface area (Å²) in [6, 6.07) is 24.0. The fourth-order valence-electron chi connectivity index (χ4n) is 11.1. The zero-order valence-corrected chi connectivity index (χ0v) is 48.8. The van der Waals surface area contributed by atoms with Crippen molar-refractivity contribution in [2.45, 2.75) is 29.3 Å². The maximum Gasteiger partial charge on any atom is 0.265 e. The van der Waals surface area contributed by atoms with E-state index in [1.54, 1.807) is 43.2 Å². The summed E-state index contributed by atoms with van der Waals surface area (Å²) in [5, 5.41) is 36.2. The Labute approximate surface area is 507 Å². The molecule has 28 heteroatoms. The predicted molar refractivity (Wildman–Crippen MR) is 321 cm³/mol. The van der Waals surface area contributed by atoms with E-state index >= 15 is 0 Å². The first-order valence-corrected chi connectivity index (χ1v) is 30.2. The summed E-state index contributed by atoms with van der Waals surface area (Å²) in [6.45, 7) is 3.22. The van der Waals surface area contributed by atoms with Gasteiger partial charge in [0.2, 0.25) is 10.0 Å². The number of aryl methyl sites for hydroxylation is 2. The Morgan fingerprint density at radius 3 is 1.39 bits per heavy atom. The van der Waals surface area contributed by atoms with Crippen LogP contribution < -0.4 is 20.3 Å². The van der Waals surface area contributed by atoms with Gasteiger partial charge in [0, 0.05) is 145 Å². The van der Waals surface area contributed by atoms with Gasteiger partial charge in [0.1, 0.15) is 45.2 Å². The van der Waals surface area contributed by atoms with E-state index in [1.165, 1.54) is 24.3 Å². The molecule has 2 saturated carbocycles. The Bertz CT molecular complexity index is 4470. The molecule has 4 fully saturated rings. The quantitative estimate of drug-likeness (QED) is 0.121. The van der Waals surface area contributed by atoms with Crippen molar-refractivity contribution in [3.8, 4) is 56.6 Å². The lowest BCUT2D eigenvalue weighted by atomic mass is 10.0. The molecule has 0 spiro atoms. The highest BCUT2D eigenvalue weighted by molar-refractivity contribution is 8.13. The molecular weight excluding hydrogens is 1220 g/mol. The third kappa shape index (κ3) is 11.6. The first kappa shape index (κ1) is 60.1. The summed E-state index contributed by atoms with van der Waals surface area (Å²) >= 11 is 11.4. The predicted octanol–water partition coefficient (Wildman–Crippen LogP) is 9.40. The molecule has 3 N–H and O–H groups in total. The molecule has 4 aliphatic rings. The van der Waals surface area contributed by atoms with E-state index < -0.39 is 40.5 Å². The van der Waals surface area contributed by atoms with Gasteiger partial charge in [0.15, 0.2) is 0 Å². The number of nitrogens with two attached hydrogens (primary N) is 1. The van der Waals surface area contributed by atoms with Crippen LogP contribution in [0, 0.1) is 58.0 Å². The third-order valence-corrected chi connectivity index (χ3v) is 19.2. The number of nitrogens with one attached hydrogen (secondary N) is 1. The number of halogens is 6. The van der Waals surface area contributed by atoms with Crippen molar-refractivity contribution < 1.29 is 25.6 Å². The summed E-state index contributed by atoms with van der Waals surface area (Å²) in [7, 11) is 0.476. The molecule has 2 aromatic carbocycles. The molecule has 8 aromatic heterocycles. The van der Waals surface area contributed by atoms with Gasteiger partial charge < -0.3 is 15.5 Å². The fraction of sp³-hybridized carbons (Fsp3) is 0.228. The fourth-order valence-corrected chi connectivity index (χ4v) is 14.7. The second-order valence-electron chi connectivity index (χ2n) is 20.6. The number of nitriles is 2. The molecule has 436 valence electrons. The van der Waals surface area contributed by atoms with Gasteiger partial charge in [-0.25, -0.2) is 49.3 Å². The summed E-state index contributed by atoms with van der Waals surface area (Å²) in [5.74, 6) is 1.36. The molecule has 2 unspecified atom stereocenters. The lowest BCUT2D eigenvalue weighted by molar-refractivity contribution is 0.550. The molecule has 6 atom stereocenters. The smallest absolute Gasteiger partial charge is 0.265 e. The minimum absolute atomic E-state index is 0. The maximum atomic E-state index is 14.2. The van der Waals surface area contributed by atoms with Gasteiger partial charge >= 0.3 is 0 Å². The number of nitrogens with zero attached hydrogens (tertiary/aromatic N) is 14. The summed E-state index contributed by atoms with van der Waals surface area (Å²) in [6.07, 6.45) is 18.1. The topological polar surface area (TPSA) is 256 Å². The average Bonchev–Trinajstić information content (AvgIpc) is 2.79. The second kappa shape index (κ2) is 23.4. The number of piperidine rings is 2. The molecule has 10 heterocycles. The molecule has 20 nitrogen and oxygen atoms in total. The normalized spacial score (nSPS) is 19.1. The van der Waals surface area contributed by atoms with Crippen LogP contribution in [0.4, 0.5) is 20.4 Å². The number of rotatable bonds is 10. The monoisotopic (exact) mass is 1260 g/mol. The van der Waals surface area contributed by atoms with Crippen LogP contribution in [0.5, 0.6) is 0 Å². The highest BCUT2D eigenvalue weighted by Crippen LogP contribution is 2.48. The van der Waals surface area contributed by atoms with Gasteiger partial charge in [0.25, 0.3) is 9.05 Å². The van der Waals surface area contributed by atoms with Crippen LogP contribution in [0.25, 0.3) is 55.5 Å². The van der Waals surface area contributed by atoms with Crippen LogP contribution in [0.3, 0.4) is 0 Å². The zero-order valence-electron chi connectivity index (χ0n) is 44.1. The van der Waals surface area contributed by atoms with Crippen molar-refractivity contribution >= 4 is 88.0 Å². The Balaban J connectivity index is 0.000000160. The van der Waals surface area contributed by atoms with E-state index in [9.17, 15) is 36.1 Å². The van der Waals surface area contributed by atoms with Crippen LogP contribution in [0.1, 0.15) is 18.6 Å².